The molecule has 3 aromatic rings. The number of alkyl halides is 1. The first kappa shape index (κ1) is 28.5. The predicted molar refractivity (Wildman–Crippen MR) is 168 cm³/mol. The van der Waals surface area contributed by atoms with Gasteiger partial charge in [0.05, 0.1) is 52.8 Å². The molecule has 3 aliphatic rings. The lowest BCUT2D eigenvalue weighted by atomic mass is 9.71. The van der Waals surface area contributed by atoms with Crippen LogP contribution in [-0.4, -0.2) is 81.0 Å². The monoisotopic (exact) mass is 668 g/mol. The first-order valence-electron chi connectivity index (χ1n) is 14.4. The van der Waals surface area contributed by atoms with E-state index in [1.54, 1.807) is 13.2 Å². The van der Waals surface area contributed by atoms with Crippen molar-refractivity contribution in [3.8, 4) is 11.8 Å². The van der Waals surface area contributed by atoms with E-state index in [1.807, 2.05) is 18.2 Å². The molecule has 2 saturated heterocycles. The van der Waals surface area contributed by atoms with Gasteiger partial charge in [-0.3, -0.25) is 9.69 Å². The minimum atomic E-state index is -0.429. The highest BCUT2D eigenvalue weighted by Gasteiger charge is 2.42. The topological polar surface area (TPSA) is 80.0 Å². The second kappa shape index (κ2) is 11.6. The number of rotatable bonds is 7. The van der Waals surface area contributed by atoms with Crippen LogP contribution in [0, 0.1) is 11.3 Å². The van der Waals surface area contributed by atoms with Crippen LogP contribution in [0.1, 0.15) is 59.4 Å². The van der Waals surface area contributed by atoms with E-state index >= 15 is 0 Å². The standard InChI is InChI=1S/C32H37IN4O4/c1-32(2)25-18-27(36-8-6-22(7-9-36)35-10-12-40-13-11-35)28(41-15-14-39-3)17-24(25)30(38)29-23-5-4-21(19-34)16-26(23)37(20-33)31(29)32/h4-5,16-18,22H,6-15,20H2,1-3H3. The molecule has 1 aliphatic carbocycles. The number of nitriles is 1. The fourth-order valence-corrected chi connectivity index (χ4v) is 7.68. The summed E-state index contributed by atoms with van der Waals surface area (Å²) in [6, 6.07) is 12.7. The average molecular weight is 669 g/mol. The first-order valence-corrected chi connectivity index (χ1v) is 16.0. The SMILES string of the molecule is COCCOc1cc2c(cc1N1CCC(N3CCOCC3)CC1)C(C)(C)c1c(c3ccc(C#N)cc3n1CI)C2=O. The molecule has 0 atom stereocenters. The summed E-state index contributed by atoms with van der Waals surface area (Å²) in [4.78, 5) is 19.3. The lowest BCUT2D eigenvalue weighted by Gasteiger charge is -2.42. The van der Waals surface area contributed by atoms with Crippen molar-refractivity contribution in [2.75, 3.05) is 64.6 Å². The van der Waals surface area contributed by atoms with Gasteiger partial charge < -0.3 is 23.7 Å². The summed E-state index contributed by atoms with van der Waals surface area (Å²) in [5.41, 5.74) is 5.61. The number of benzene rings is 2. The number of ketones is 1. The molecule has 2 fully saturated rings. The quantitative estimate of drug-likeness (QED) is 0.197. The molecule has 0 amide bonds. The minimum Gasteiger partial charge on any atom is -0.489 e. The summed E-state index contributed by atoms with van der Waals surface area (Å²) in [5, 5.41) is 10.5. The number of morpholine rings is 1. The molecule has 0 spiro atoms. The van der Waals surface area contributed by atoms with Crippen molar-refractivity contribution in [2.24, 2.45) is 0 Å². The van der Waals surface area contributed by atoms with Gasteiger partial charge in [0.15, 0.2) is 5.78 Å². The molecule has 0 unspecified atom stereocenters. The summed E-state index contributed by atoms with van der Waals surface area (Å²) < 4.78 is 20.0. The Morgan fingerprint density at radius 1 is 1.10 bits per heavy atom. The Balaban J connectivity index is 1.42. The Bertz CT molecular complexity index is 1510. The molecule has 3 heterocycles. The summed E-state index contributed by atoms with van der Waals surface area (Å²) >= 11 is 2.35. The van der Waals surface area contributed by atoms with E-state index in [-0.39, 0.29) is 5.78 Å². The molecule has 41 heavy (non-hydrogen) atoms. The fraction of sp³-hybridized carbons (Fsp3) is 0.500. The van der Waals surface area contributed by atoms with Crippen molar-refractivity contribution in [3.05, 3.63) is 58.3 Å². The second-order valence-corrected chi connectivity index (χ2v) is 12.3. The van der Waals surface area contributed by atoms with Gasteiger partial charge >= 0.3 is 0 Å². The maximum atomic E-state index is 14.3. The minimum absolute atomic E-state index is 0.0156. The van der Waals surface area contributed by atoms with E-state index in [4.69, 9.17) is 14.2 Å². The zero-order valence-corrected chi connectivity index (χ0v) is 26.2. The largest absolute Gasteiger partial charge is 0.489 e. The Hall–Kier alpha value is -2.65. The third-order valence-electron chi connectivity index (χ3n) is 9.06. The van der Waals surface area contributed by atoms with Gasteiger partial charge in [0.2, 0.25) is 0 Å². The van der Waals surface area contributed by atoms with E-state index in [2.05, 4.69) is 62.9 Å². The molecule has 2 aromatic carbocycles. The van der Waals surface area contributed by atoms with E-state index < -0.39 is 5.41 Å². The maximum absolute atomic E-state index is 14.3. The Morgan fingerprint density at radius 3 is 2.54 bits per heavy atom. The number of ether oxygens (including phenoxy) is 3. The normalized spacial score (nSPS) is 19.2. The molecule has 0 radical (unpaired) electrons. The number of hydrogen-bond acceptors (Lipinski definition) is 7. The zero-order valence-electron chi connectivity index (χ0n) is 24.0. The van der Waals surface area contributed by atoms with E-state index in [1.165, 1.54) is 0 Å². The zero-order chi connectivity index (χ0) is 28.7. The summed E-state index contributed by atoms with van der Waals surface area (Å²) in [7, 11) is 1.67. The van der Waals surface area contributed by atoms with E-state index in [9.17, 15) is 10.1 Å². The van der Waals surface area contributed by atoms with Gasteiger partial charge in [0.25, 0.3) is 0 Å². The van der Waals surface area contributed by atoms with Crippen LogP contribution in [0.5, 0.6) is 5.75 Å². The van der Waals surface area contributed by atoms with Crippen LogP contribution in [0.2, 0.25) is 0 Å². The summed E-state index contributed by atoms with van der Waals surface area (Å²) in [6.07, 6.45) is 2.18. The van der Waals surface area contributed by atoms with Crippen molar-refractivity contribution >= 4 is 45.0 Å². The van der Waals surface area contributed by atoms with Crippen molar-refractivity contribution < 1.29 is 19.0 Å². The Labute approximate surface area is 255 Å². The molecule has 0 saturated carbocycles. The van der Waals surface area contributed by atoms with E-state index in [0.29, 0.717) is 34.9 Å². The predicted octanol–water partition coefficient (Wildman–Crippen LogP) is 5.10. The molecule has 216 valence electrons. The molecule has 1 aromatic heterocycles. The number of hydrogen-bond donors (Lipinski definition) is 0. The van der Waals surface area contributed by atoms with Gasteiger partial charge in [0, 0.05) is 61.4 Å². The number of fused-ring (bicyclic) bond motifs is 4. The number of carbonyl (C=O) groups excluding carboxylic acids is 1. The van der Waals surface area contributed by atoms with Gasteiger partial charge in [-0.25, -0.2) is 0 Å². The van der Waals surface area contributed by atoms with Crippen LogP contribution in [0.4, 0.5) is 5.69 Å². The number of aromatic nitrogens is 1. The van der Waals surface area contributed by atoms with Crippen LogP contribution >= 0.6 is 22.6 Å². The molecule has 0 N–H and O–H groups in total. The molecule has 2 aliphatic heterocycles. The molecule has 0 bridgehead atoms. The van der Waals surface area contributed by atoms with Crippen LogP contribution in [0.15, 0.2) is 30.3 Å². The number of nitrogens with zero attached hydrogens (tertiary/aromatic N) is 4. The fourth-order valence-electron chi connectivity index (χ4n) is 6.97. The highest BCUT2D eigenvalue weighted by molar-refractivity contribution is 14.1. The number of carbonyl (C=O) groups is 1. The van der Waals surface area contributed by atoms with Crippen LogP contribution in [0.3, 0.4) is 0 Å². The number of anilines is 1. The van der Waals surface area contributed by atoms with Gasteiger partial charge in [-0.15, -0.1) is 0 Å². The van der Waals surface area contributed by atoms with Gasteiger partial charge in [-0.1, -0.05) is 42.5 Å². The number of piperidine rings is 1. The molecular formula is C32H37IN4O4. The van der Waals surface area contributed by atoms with Crippen LogP contribution in [0.25, 0.3) is 10.9 Å². The Kier molecular flexibility index (Phi) is 8.02. The van der Waals surface area contributed by atoms with Crippen LogP contribution in [-0.2, 0) is 19.4 Å². The first-order chi connectivity index (χ1) is 19.9. The summed E-state index contributed by atoms with van der Waals surface area (Å²) in [5.74, 6) is 0.754. The second-order valence-electron chi connectivity index (χ2n) is 11.6. The number of halogens is 1. The molecular weight excluding hydrogens is 631 g/mol. The molecule has 6 rings (SSSR count). The third-order valence-corrected chi connectivity index (χ3v) is 9.74. The van der Waals surface area contributed by atoms with Gasteiger partial charge in [-0.2, -0.15) is 5.26 Å². The van der Waals surface area contributed by atoms with Crippen molar-refractivity contribution in [2.45, 2.75) is 42.7 Å². The smallest absolute Gasteiger partial charge is 0.195 e. The average Bonchev–Trinajstić information content (AvgIpc) is 3.35. The molecule has 8 nitrogen and oxygen atoms in total. The lowest BCUT2D eigenvalue weighted by Crippen LogP contribution is -2.49. The van der Waals surface area contributed by atoms with Crippen molar-refractivity contribution in [1.29, 1.82) is 5.26 Å². The highest BCUT2D eigenvalue weighted by Crippen LogP contribution is 2.49. The summed E-state index contributed by atoms with van der Waals surface area (Å²) in [6.45, 7) is 10.8. The lowest BCUT2D eigenvalue weighted by molar-refractivity contribution is 0.0115. The Morgan fingerprint density at radius 2 is 1.85 bits per heavy atom. The highest BCUT2D eigenvalue weighted by atomic mass is 127. The van der Waals surface area contributed by atoms with Crippen molar-refractivity contribution in [1.82, 2.24) is 9.47 Å². The van der Waals surface area contributed by atoms with Crippen molar-refractivity contribution in [3.63, 3.8) is 0 Å². The third kappa shape index (κ3) is 4.92. The van der Waals surface area contributed by atoms with Gasteiger partial charge in [-0.05, 0) is 42.7 Å². The van der Waals surface area contributed by atoms with E-state index in [0.717, 1.165) is 91.4 Å². The maximum Gasteiger partial charge on any atom is 0.195 e. The van der Waals surface area contributed by atoms with Crippen LogP contribution < -0.4 is 9.64 Å². The van der Waals surface area contributed by atoms with Gasteiger partial charge in [0.1, 0.15) is 12.4 Å². The molecule has 9 heteroatoms. The number of methoxy groups -OCH3 is 1.